The van der Waals surface area contributed by atoms with Gasteiger partial charge in [0.25, 0.3) is 0 Å². The van der Waals surface area contributed by atoms with Crippen LogP contribution in [0.4, 0.5) is 0 Å². The molecule has 0 fully saturated rings. The summed E-state index contributed by atoms with van der Waals surface area (Å²) in [5.74, 6) is -0.255. The molecule has 0 atom stereocenters. The van der Waals surface area contributed by atoms with Crippen molar-refractivity contribution in [2.45, 2.75) is 32.8 Å². The second kappa shape index (κ2) is 5.39. The van der Waals surface area contributed by atoms with Crippen molar-refractivity contribution < 1.29 is 19.7 Å². The fourth-order valence-electron chi connectivity index (χ4n) is 1.40. The summed E-state index contributed by atoms with van der Waals surface area (Å²) in [6, 6.07) is 4.94. The van der Waals surface area contributed by atoms with Crippen molar-refractivity contribution in [3.05, 3.63) is 23.8 Å². The normalized spacial score (nSPS) is 10.4. The molecule has 1 aromatic rings. The Bertz CT molecular complexity index is 371. The van der Waals surface area contributed by atoms with Gasteiger partial charge in [-0.2, -0.15) is 0 Å². The molecule has 4 heteroatoms. The molecule has 0 bridgehead atoms. The molecule has 0 aliphatic heterocycles. The lowest BCUT2D eigenvalue weighted by atomic mass is 10.1. The highest BCUT2D eigenvalue weighted by atomic mass is 16.5. The Morgan fingerprint density at radius 1 is 1.44 bits per heavy atom. The van der Waals surface area contributed by atoms with E-state index in [2.05, 4.69) is 0 Å². The molecule has 1 rings (SSSR count). The minimum absolute atomic E-state index is 0.00891. The molecule has 0 aliphatic rings. The minimum atomic E-state index is -0.890. The van der Waals surface area contributed by atoms with E-state index in [0.29, 0.717) is 11.3 Å². The standard InChI is InChI=1S/C12H16O4/c1-8(2)16-11-5-3-4-10(13)9(11)6-7-12(14)15/h3-5,8,13H,6-7H2,1-2H3,(H,14,15). The van der Waals surface area contributed by atoms with Crippen LogP contribution in [-0.4, -0.2) is 22.3 Å². The highest BCUT2D eigenvalue weighted by Crippen LogP contribution is 2.29. The van der Waals surface area contributed by atoms with E-state index in [1.54, 1.807) is 12.1 Å². The lowest BCUT2D eigenvalue weighted by Crippen LogP contribution is -2.08. The van der Waals surface area contributed by atoms with Crippen LogP contribution in [0, 0.1) is 0 Å². The molecule has 0 heterocycles. The summed E-state index contributed by atoms with van der Waals surface area (Å²) >= 11 is 0. The molecule has 16 heavy (non-hydrogen) atoms. The van der Waals surface area contributed by atoms with Crippen LogP contribution < -0.4 is 4.74 Å². The van der Waals surface area contributed by atoms with Gasteiger partial charge in [-0.05, 0) is 32.4 Å². The van der Waals surface area contributed by atoms with Crippen LogP contribution in [0.3, 0.4) is 0 Å². The number of rotatable bonds is 5. The third-order valence-corrected chi connectivity index (χ3v) is 2.06. The maximum Gasteiger partial charge on any atom is 0.303 e. The Labute approximate surface area is 94.5 Å². The van der Waals surface area contributed by atoms with Crippen molar-refractivity contribution >= 4 is 5.97 Å². The van der Waals surface area contributed by atoms with E-state index in [4.69, 9.17) is 9.84 Å². The SMILES string of the molecule is CC(C)Oc1cccc(O)c1CCC(=O)O. The Balaban J connectivity index is 2.89. The highest BCUT2D eigenvalue weighted by Gasteiger charge is 2.11. The topological polar surface area (TPSA) is 66.8 Å². The maximum absolute atomic E-state index is 10.5. The van der Waals surface area contributed by atoms with Crippen LogP contribution in [0.5, 0.6) is 11.5 Å². The highest BCUT2D eigenvalue weighted by molar-refractivity contribution is 5.67. The Morgan fingerprint density at radius 3 is 2.69 bits per heavy atom. The predicted molar refractivity (Wildman–Crippen MR) is 59.8 cm³/mol. The van der Waals surface area contributed by atoms with Crippen molar-refractivity contribution in [2.75, 3.05) is 0 Å². The third-order valence-electron chi connectivity index (χ3n) is 2.06. The van der Waals surface area contributed by atoms with Crippen molar-refractivity contribution in [3.63, 3.8) is 0 Å². The van der Waals surface area contributed by atoms with E-state index in [0.717, 1.165) is 0 Å². The summed E-state index contributed by atoms with van der Waals surface area (Å²) in [7, 11) is 0. The first-order valence-electron chi connectivity index (χ1n) is 5.20. The van der Waals surface area contributed by atoms with Gasteiger partial charge in [0.1, 0.15) is 11.5 Å². The minimum Gasteiger partial charge on any atom is -0.508 e. The molecule has 0 saturated carbocycles. The number of aromatic hydroxyl groups is 1. The molecule has 0 spiro atoms. The Kier molecular flexibility index (Phi) is 4.17. The quantitative estimate of drug-likeness (QED) is 0.804. The number of hydrogen-bond acceptors (Lipinski definition) is 3. The van der Waals surface area contributed by atoms with E-state index in [1.165, 1.54) is 6.07 Å². The van der Waals surface area contributed by atoms with Gasteiger partial charge < -0.3 is 14.9 Å². The smallest absolute Gasteiger partial charge is 0.303 e. The number of carboxylic acids is 1. The molecule has 1 aromatic carbocycles. The molecule has 4 nitrogen and oxygen atoms in total. The van der Waals surface area contributed by atoms with Gasteiger partial charge in [0.2, 0.25) is 0 Å². The van der Waals surface area contributed by atoms with Gasteiger partial charge in [-0.3, -0.25) is 4.79 Å². The lowest BCUT2D eigenvalue weighted by molar-refractivity contribution is -0.136. The average molecular weight is 224 g/mol. The van der Waals surface area contributed by atoms with Crippen LogP contribution in [0.1, 0.15) is 25.8 Å². The summed E-state index contributed by atoms with van der Waals surface area (Å²) in [5.41, 5.74) is 0.554. The number of carbonyl (C=O) groups is 1. The molecule has 0 aromatic heterocycles. The summed E-state index contributed by atoms with van der Waals surface area (Å²) in [5, 5.41) is 18.3. The van der Waals surface area contributed by atoms with Crippen LogP contribution in [-0.2, 0) is 11.2 Å². The number of phenolic OH excluding ortho intramolecular Hbond substituents is 1. The van der Waals surface area contributed by atoms with Crippen molar-refractivity contribution in [3.8, 4) is 11.5 Å². The van der Waals surface area contributed by atoms with Gasteiger partial charge in [0, 0.05) is 12.0 Å². The molecule has 0 unspecified atom stereocenters. The predicted octanol–water partition coefficient (Wildman–Crippen LogP) is 2.20. The van der Waals surface area contributed by atoms with Crippen LogP contribution >= 0.6 is 0 Å². The molecule has 0 radical (unpaired) electrons. The van der Waals surface area contributed by atoms with Gasteiger partial charge in [0.15, 0.2) is 0 Å². The zero-order chi connectivity index (χ0) is 12.1. The van der Waals surface area contributed by atoms with Gasteiger partial charge >= 0.3 is 5.97 Å². The number of phenols is 1. The number of benzene rings is 1. The first-order chi connectivity index (χ1) is 7.50. The maximum atomic E-state index is 10.5. The summed E-state index contributed by atoms with van der Waals surface area (Å²) in [6.07, 6.45) is 0.237. The van der Waals surface area contributed by atoms with Gasteiger partial charge in [-0.25, -0.2) is 0 Å². The van der Waals surface area contributed by atoms with E-state index < -0.39 is 5.97 Å². The van der Waals surface area contributed by atoms with E-state index >= 15 is 0 Å². The number of aliphatic carboxylic acids is 1. The molecular weight excluding hydrogens is 208 g/mol. The van der Waals surface area contributed by atoms with Gasteiger partial charge in [-0.15, -0.1) is 0 Å². The van der Waals surface area contributed by atoms with E-state index in [9.17, 15) is 9.90 Å². The molecule has 0 aliphatic carbocycles. The fourth-order valence-corrected chi connectivity index (χ4v) is 1.40. The summed E-state index contributed by atoms with van der Waals surface area (Å²) < 4.78 is 5.51. The fraction of sp³-hybridized carbons (Fsp3) is 0.417. The van der Waals surface area contributed by atoms with Crippen LogP contribution in [0.25, 0.3) is 0 Å². The number of carboxylic acid groups (broad SMARTS) is 1. The lowest BCUT2D eigenvalue weighted by Gasteiger charge is -2.14. The van der Waals surface area contributed by atoms with Gasteiger partial charge in [-0.1, -0.05) is 6.07 Å². The largest absolute Gasteiger partial charge is 0.508 e. The third kappa shape index (κ3) is 3.46. The van der Waals surface area contributed by atoms with Crippen LogP contribution in [0.2, 0.25) is 0 Å². The first kappa shape index (κ1) is 12.4. The summed E-state index contributed by atoms with van der Waals surface area (Å²) in [4.78, 5) is 10.5. The average Bonchev–Trinajstić information content (AvgIpc) is 2.15. The number of hydrogen-bond donors (Lipinski definition) is 2. The summed E-state index contributed by atoms with van der Waals surface area (Å²) in [6.45, 7) is 3.76. The Morgan fingerprint density at radius 2 is 2.12 bits per heavy atom. The first-order valence-corrected chi connectivity index (χ1v) is 5.20. The monoisotopic (exact) mass is 224 g/mol. The number of ether oxygens (including phenoxy) is 1. The van der Waals surface area contributed by atoms with E-state index in [-0.39, 0.29) is 24.7 Å². The second-order valence-electron chi connectivity index (χ2n) is 3.81. The molecular formula is C12H16O4. The van der Waals surface area contributed by atoms with Gasteiger partial charge in [0.05, 0.1) is 6.10 Å². The van der Waals surface area contributed by atoms with Crippen LogP contribution in [0.15, 0.2) is 18.2 Å². The Hall–Kier alpha value is -1.71. The van der Waals surface area contributed by atoms with Crippen molar-refractivity contribution in [2.24, 2.45) is 0 Å². The molecule has 2 N–H and O–H groups in total. The van der Waals surface area contributed by atoms with Crippen molar-refractivity contribution in [1.82, 2.24) is 0 Å². The second-order valence-corrected chi connectivity index (χ2v) is 3.81. The van der Waals surface area contributed by atoms with E-state index in [1.807, 2.05) is 13.8 Å². The zero-order valence-corrected chi connectivity index (χ0v) is 9.43. The van der Waals surface area contributed by atoms with Crippen molar-refractivity contribution in [1.29, 1.82) is 0 Å². The zero-order valence-electron chi connectivity index (χ0n) is 9.43. The molecule has 0 saturated heterocycles. The molecule has 88 valence electrons. The molecule has 0 amide bonds.